The lowest BCUT2D eigenvalue weighted by Crippen LogP contribution is -2.38. The molecule has 0 unspecified atom stereocenters. The molecule has 1 heterocycles. The molecule has 0 aliphatic rings. The second-order valence-electron chi connectivity index (χ2n) is 4.43. The van der Waals surface area contributed by atoms with Crippen LogP contribution in [0.3, 0.4) is 0 Å². The van der Waals surface area contributed by atoms with Gasteiger partial charge in [-0.3, -0.25) is 20.4 Å². The Bertz CT molecular complexity index is 445. The fraction of sp³-hybridized carbons (Fsp3) is 0.444. The van der Waals surface area contributed by atoms with E-state index in [4.69, 9.17) is 11.7 Å². The first-order chi connectivity index (χ1) is 7.82. The van der Waals surface area contributed by atoms with Gasteiger partial charge in [0.1, 0.15) is 5.69 Å². The van der Waals surface area contributed by atoms with Crippen LogP contribution in [-0.4, -0.2) is 21.4 Å². The smallest absolute Gasteiger partial charge is 0.286 e. The van der Waals surface area contributed by atoms with Crippen molar-refractivity contribution < 1.29 is 9.59 Å². The summed E-state index contributed by atoms with van der Waals surface area (Å²) in [4.78, 5) is 27.0. The number of hydrogen-bond acceptors (Lipinski definition) is 5. The van der Waals surface area contributed by atoms with E-state index in [1.807, 2.05) is 31.6 Å². The van der Waals surface area contributed by atoms with Crippen molar-refractivity contribution in [1.29, 1.82) is 0 Å². The molecule has 0 aromatic carbocycles. The summed E-state index contributed by atoms with van der Waals surface area (Å²) in [5.74, 6) is 8.86. The van der Waals surface area contributed by atoms with Crippen molar-refractivity contribution in [3.63, 3.8) is 0 Å². The number of nitrogens with one attached hydrogen (secondary N) is 2. The van der Waals surface area contributed by atoms with Crippen LogP contribution in [0.5, 0.6) is 0 Å². The number of rotatable bonds is 2. The van der Waals surface area contributed by atoms with Crippen molar-refractivity contribution in [3.8, 4) is 0 Å². The lowest BCUT2D eigenvalue weighted by molar-refractivity contribution is 0.0907. The van der Waals surface area contributed by atoms with Crippen molar-refractivity contribution in [2.45, 2.75) is 26.3 Å². The Morgan fingerprint density at radius 2 is 1.76 bits per heavy atom. The number of nitrogens with two attached hydrogens (primary N) is 2. The molecular weight excluding hydrogens is 224 g/mol. The Balaban J connectivity index is 3.40. The predicted octanol–water partition coefficient (Wildman–Crippen LogP) is -1.15. The number of aromatic nitrogens is 2. The van der Waals surface area contributed by atoms with E-state index in [2.05, 4.69) is 4.98 Å². The largest absolute Gasteiger partial charge is 0.320 e. The average Bonchev–Trinajstić information content (AvgIpc) is 2.70. The highest BCUT2D eigenvalue weighted by atomic mass is 16.2. The highest BCUT2D eigenvalue weighted by Gasteiger charge is 2.27. The van der Waals surface area contributed by atoms with Gasteiger partial charge in [0.15, 0.2) is 5.69 Å². The van der Waals surface area contributed by atoms with E-state index in [1.165, 1.54) is 6.33 Å². The minimum atomic E-state index is -0.647. The molecule has 0 fully saturated rings. The van der Waals surface area contributed by atoms with Crippen molar-refractivity contribution in [3.05, 3.63) is 17.7 Å². The molecule has 8 heteroatoms. The van der Waals surface area contributed by atoms with Gasteiger partial charge in [-0.1, -0.05) is 0 Å². The summed E-state index contributed by atoms with van der Waals surface area (Å²) in [6.07, 6.45) is 1.40. The fourth-order valence-electron chi connectivity index (χ4n) is 1.38. The zero-order valence-corrected chi connectivity index (χ0v) is 9.94. The van der Waals surface area contributed by atoms with Gasteiger partial charge in [-0.2, -0.15) is 0 Å². The predicted molar refractivity (Wildman–Crippen MR) is 60.5 cm³/mol. The van der Waals surface area contributed by atoms with Gasteiger partial charge in [0.05, 0.1) is 6.33 Å². The Hall–Kier alpha value is -1.93. The molecule has 2 amide bonds. The van der Waals surface area contributed by atoms with Gasteiger partial charge in [-0.05, 0) is 20.8 Å². The topological polar surface area (TPSA) is 128 Å². The van der Waals surface area contributed by atoms with Gasteiger partial charge in [0.2, 0.25) is 0 Å². The highest BCUT2D eigenvalue weighted by Crippen LogP contribution is 2.19. The summed E-state index contributed by atoms with van der Waals surface area (Å²) in [5, 5.41) is 0. The number of carbonyl (C=O) groups excluding carboxylic acids is 2. The molecule has 8 nitrogen and oxygen atoms in total. The van der Waals surface area contributed by atoms with Crippen LogP contribution in [0.4, 0.5) is 0 Å². The van der Waals surface area contributed by atoms with E-state index in [9.17, 15) is 9.59 Å². The normalized spacial score (nSPS) is 11.1. The van der Waals surface area contributed by atoms with Gasteiger partial charge in [-0.15, -0.1) is 0 Å². The van der Waals surface area contributed by atoms with Crippen molar-refractivity contribution in [2.75, 3.05) is 0 Å². The highest BCUT2D eigenvalue weighted by molar-refractivity contribution is 6.04. The van der Waals surface area contributed by atoms with Crippen LogP contribution in [0, 0.1) is 0 Å². The molecule has 0 radical (unpaired) electrons. The molecule has 0 aliphatic heterocycles. The summed E-state index contributed by atoms with van der Waals surface area (Å²) < 4.78 is 1.56. The molecule has 0 spiro atoms. The maximum Gasteiger partial charge on any atom is 0.286 e. The minimum Gasteiger partial charge on any atom is -0.320 e. The molecule has 0 atom stereocenters. The Labute approximate surface area is 98.3 Å². The second kappa shape index (κ2) is 4.52. The Morgan fingerprint density at radius 3 is 2.18 bits per heavy atom. The van der Waals surface area contributed by atoms with E-state index < -0.39 is 17.4 Å². The summed E-state index contributed by atoms with van der Waals surface area (Å²) in [5.41, 5.74) is 3.50. The van der Waals surface area contributed by atoms with E-state index in [0.29, 0.717) is 0 Å². The number of hydrogen-bond donors (Lipinski definition) is 4. The first kappa shape index (κ1) is 13.1. The van der Waals surface area contributed by atoms with Gasteiger partial charge >= 0.3 is 0 Å². The Morgan fingerprint density at radius 1 is 1.24 bits per heavy atom. The Kier molecular flexibility index (Phi) is 3.49. The fourth-order valence-corrected chi connectivity index (χ4v) is 1.38. The standard InChI is InChI=1S/C9H16N6O2/c1-9(2,3)15-4-12-5(7(16)13-10)6(15)8(17)14-11/h4H,10-11H2,1-3H3,(H,13,16)(H,14,17). The van der Waals surface area contributed by atoms with Crippen LogP contribution < -0.4 is 22.5 Å². The first-order valence-electron chi connectivity index (χ1n) is 4.92. The molecule has 0 saturated heterocycles. The lowest BCUT2D eigenvalue weighted by Gasteiger charge is -2.23. The summed E-state index contributed by atoms with van der Waals surface area (Å²) in [6.45, 7) is 5.60. The van der Waals surface area contributed by atoms with Crippen LogP contribution >= 0.6 is 0 Å². The van der Waals surface area contributed by atoms with Gasteiger partial charge in [-0.25, -0.2) is 16.7 Å². The molecule has 6 N–H and O–H groups in total. The zero-order chi connectivity index (χ0) is 13.2. The monoisotopic (exact) mass is 240 g/mol. The van der Waals surface area contributed by atoms with E-state index in [1.54, 1.807) is 4.57 Å². The SMILES string of the molecule is CC(C)(C)n1cnc(C(=O)NN)c1C(=O)NN. The third kappa shape index (κ3) is 2.43. The van der Waals surface area contributed by atoms with Crippen molar-refractivity contribution >= 4 is 11.8 Å². The number of nitrogen functional groups attached to an aromatic ring is 2. The number of amides is 2. The quantitative estimate of drug-likeness (QED) is 0.294. The molecule has 94 valence electrons. The minimum absolute atomic E-state index is 0.0645. The first-order valence-corrected chi connectivity index (χ1v) is 4.92. The number of imidazole rings is 1. The molecule has 0 saturated carbocycles. The van der Waals surface area contributed by atoms with Crippen LogP contribution in [0.1, 0.15) is 41.7 Å². The van der Waals surface area contributed by atoms with Crippen LogP contribution in [0.2, 0.25) is 0 Å². The maximum absolute atomic E-state index is 11.7. The lowest BCUT2D eigenvalue weighted by atomic mass is 10.1. The van der Waals surface area contributed by atoms with E-state index in [0.717, 1.165) is 0 Å². The third-order valence-corrected chi connectivity index (χ3v) is 2.18. The van der Waals surface area contributed by atoms with Crippen molar-refractivity contribution in [1.82, 2.24) is 20.4 Å². The van der Waals surface area contributed by atoms with Crippen LogP contribution in [0.15, 0.2) is 6.33 Å². The average molecular weight is 240 g/mol. The number of hydrazine groups is 2. The second-order valence-corrected chi connectivity index (χ2v) is 4.43. The van der Waals surface area contributed by atoms with Crippen LogP contribution in [0.25, 0.3) is 0 Å². The van der Waals surface area contributed by atoms with E-state index >= 15 is 0 Å². The molecule has 17 heavy (non-hydrogen) atoms. The molecule has 1 aromatic heterocycles. The molecule has 1 rings (SSSR count). The summed E-state index contributed by atoms with van der Waals surface area (Å²) in [6, 6.07) is 0. The van der Waals surface area contributed by atoms with Gasteiger partial charge < -0.3 is 4.57 Å². The third-order valence-electron chi connectivity index (χ3n) is 2.18. The maximum atomic E-state index is 11.7. The number of nitrogens with zero attached hydrogens (tertiary/aromatic N) is 2. The van der Waals surface area contributed by atoms with Crippen LogP contribution in [-0.2, 0) is 5.54 Å². The number of carbonyl (C=O) groups is 2. The van der Waals surface area contributed by atoms with Crippen molar-refractivity contribution in [2.24, 2.45) is 11.7 Å². The summed E-state index contributed by atoms with van der Waals surface area (Å²) in [7, 11) is 0. The van der Waals surface area contributed by atoms with Gasteiger partial charge in [0, 0.05) is 5.54 Å². The summed E-state index contributed by atoms with van der Waals surface area (Å²) >= 11 is 0. The molecular formula is C9H16N6O2. The molecule has 0 aliphatic carbocycles. The van der Waals surface area contributed by atoms with E-state index in [-0.39, 0.29) is 11.4 Å². The molecule has 1 aromatic rings. The zero-order valence-electron chi connectivity index (χ0n) is 9.94. The van der Waals surface area contributed by atoms with Gasteiger partial charge in [0.25, 0.3) is 11.8 Å². The molecule has 0 bridgehead atoms.